The lowest BCUT2D eigenvalue weighted by Gasteiger charge is -2.42. The number of nitrogens with zero attached hydrogens (tertiary/aromatic N) is 3. The topological polar surface area (TPSA) is 99.3 Å². The number of hydrogen-bond acceptors (Lipinski definition) is 6. The molecule has 0 bridgehead atoms. The SMILES string of the molecule is Cc1cc2c(cc1S(=O)(=O)N1CCC[C@H](C(=O)N3CCN(C4CCCCC4)CC3)C1)O[C@H](C)C(=O)N2. The standard InChI is InChI=1S/C26H38N4O5S/c1-18-15-22-23(35-19(2)25(31)27-22)16-24(18)36(33,34)30-10-6-7-20(17-30)26(32)29-13-11-28(12-14-29)21-8-4-3-5-9-21/h15-16,19-21H,3-14,17H2,1-2H3,(H,27,31)/t19-,20+/m1/s1. The molecular weight excluding hydrogens is 480 g/mol. The second-order valence-corrected chi connectivity index (χ2v) is 12.6. The van der Waals surface area contributed by atoms with E-state index in [-0.39, 0.29) is 29.2 Å². The van der Waals surface area contributed by atoms with Crippen molar-refractivity contribution in [2.24, 2.45) is 5.92 Å². The van der Waals surface area contributed by atoms with Gasteiger partial charge in [-0.25, -0.2) is 8.42 Å². The molecule has 0 radical (unpaired) electrons. The number of benzene rings is 1. The summed E-state index contributed by atoms with van der Waals surface area (Å²) in [7, 11) is -3.82. The minimum absolute atomic E-state index is 0.0835. The molecule has 1 N–H and O–H groups in total. The fourth-order valence-corrected chi connectivity index (χ4v) is 7.88. The third-order valence-corrected chi connectivity index (χ3v) is 10.3. The third-order valence-electron chi connectivity index (χ3n) is 8.28. The number of hydrogen-bond donors (Lipinski definition) is 1. The van der Waals surface area contributed by atoms with Gasteiger partial charge >= 0.3 is 0 Å². The Labute approximate surface area is 214 Å². The van der Waals surface area contributed by atoms with E-state index in [0.717, 1.165) is 26.2 Å². The molecular formula is C26H38N4O5S. The van der Waals surface area contributed by atoms with Gasteiger partial charge in [0.25, 0.3) is 5.91 Å². The Balaban J connectivity index is 1.25. The van der Waals surface area contributed by atoms with E-state index in [1.807, 2.05) is 4.90 Å². The van der Waals surface area contributed by atoms with Crippen LogP contribution in [-0.2, 0) is 19.6 Å². The number of piperazine rings is 1. The molecule has 198 valence electrons. The largest absolute Gasteiger partial charge is 0.479 e. The predicted octanol–water partition coefficient (Wildman–Crippen LogP) is 2.59. The zero-order valence-electron chi connectivity index (χ0n) is 21.4. The van der Waals surface area contributed by atoms with Gasteiger partial charge in [-0.1, -0.05) is 19.3 Å². The summed E-state index contributed by atoms with van der Waals surface area (Å²) in [6, 6.07) is 3.81. The highest BCUT2D eigenvalue weighted by atomic mass is 32.2. The molecule has 1 aromatic rings. The molecule has 4 aliphatic rings. The molecule has 3 aliphatic heterocycles. The Hall–Kier alpha value is -2.17. The van der Waals surface area contributed by atoms with Gasteiger partial charge in [-0.15, -0.1) is 0 Å². The first-order valence-electron chi connectivity index (χ1n) is 13.4. The molecule has 9 nitrogen and oxygen atoms in total. The van der Waals surface area contributed by atoms with Gasteiger partial charge in [-0.3, -0.25) is 14.5 Å². The van der Waals surface area contributed by atoms with Crippen molar-refractivity contribution in [3.63, 3.8) is 0 Å². The summed E-state index contributed by atoms with van der Waals surface area (Å²) in [4.78, 5) is 30.0. The molecule has 5 rings (SSSR count). The highest BCUT2D eigenvalue weighted by molar-refractivity contribution is 7.89. The van der Waals surface area contributed by atoms with Gasteiger partial charge in [0.1, 0.15) is 5.75 Å². The molecule has 3 fully saturated rings. The van der Waals surface area contributed by atoms with E-state index in [4.69, 9.17) is 4.74 Å². The van der Waals surface area contributed by atoms with E-state index in [1.54, 1.807) is 19.9 Å². The number of nitrogens with one attached hydrogen (secondary N) is 1. The summed E-state index contributed by atoms with van der Waals surface area (Å²) in [6.45, 7) is 7.22. The summed E-state index contributed by atoms with van der Waals surface area (Å²) < 4.78 is 34.4. The maximum absolute atomic E-state index is 13.7. The summed E-state index contributed by atoms with van der Waals surface area (Å²) in [6.07, 6.45) is 7.16. The van der Waals surface area contributed by atoms with Crippen LogP contribution < -0.4 is 10.1 Å². The maximum Gasteiger partial charge on any atom is 0.265 e. The van der Waals surface area contributed by atoms with Crippen LogP contribution in [0.15, 0.2) is 17.0 Å². The number of amides is 2. The fourth-order valence-electron chi connectivity index (χ4n) is 6.13. The average molecular weight is 519 g/mol. The minimum atomic E-state index is -3.82. The van der Waals surface area contributed by atoms with Gasteiger partial charge in [-0.05, 0) is 51.2 Å². The van der Waals surface area contributed by atoms with Crippen molar-refractivity contribution in [2.75, 3.05) is 44.6 Å². The zero-order valence-corrected chi connectivity index (χ0v) is 22.2. The monoisotopic (exact) mass is 518 g/mol. The van der Waals surface area contributed by atoms with Crippen LogP contribution in [0.1, 0.15) is 57.4 Å². The van der Waals surface area contributed by atoms with E-state index in [2.05, 4.69) is 10.2 Å². The van der Waals surface area contributed by atoms with Crippen LogP contribution >= 0.6 is 0 Å². The van der Waals surface area contributed by atoms with Gasteiger partial charge in [0.15, 0.2) is 6.10 Å². The second-order valence-electron chi connectivity index (χ2n) is 10.7. The molecule has 1 aliphatic carbocycles. The number of rotatable bonds is 4. The first kappa shape index (κ1) is 25.5. The summed E-state index contributed by atoms with van der Waals surface area (Å²) >= 11 is 0. The molecule has 2 saturated heterocycles. The molecule has 0 spiro atoms. The van der Waals surface area contributed by atoms with E-state index < -0.39 is 16.1 Å². The highest BCUT2D eigenvalue weighted by Crippen LogP contribution is 2.36. The Morgan fingerprint density at radius 3 is 2.44 bits per heavy atom. The van der Waals surface area contributed by atoms with Crippen LogP contribution in [0.25, 0.3) is 0 Å². The Morgan fingerprint density at radius 2 is 1.72 bits per heavy atom. The number of piperidine rings is 1. The molecule has 36 heavy (non-hydrogen) atoms. The predicted molar refractivity (Wildman–Crippen MR) is 136 cm³/mol. The number of anilines is 1. The van der Waals surface area contributed by atoms with Crippen molar-refractivity contribution in [1.82, 2.24) is 14.1 Å². The van der Waals surface area contributed by atoms with Crippen molar-refractivity contribution in [3.8, 4) is 5.75 Å². The van der Waals surface area contributed by atoms with E-state index in [9.17, 15) is 18.0 Å². The Morgan fingerprint density at radius 1 is 1.00 bits per heavy atom. The molecule has 3 heterocycles. The number of carbonyl (C=O) groups excluding carboxylic acids is 2. The van der Waals surface area contributed by atoms with Crippen molar-refractivity contribution >= 4 is 27.5 Å². The Kier molecular flexibility index (Phi) is 7.29. The van der Waals surface area contributed by atoms with E-state index in [0.29, 0.717) is 42.4 Å². The van der Waals surface area contributed by atoms with Gasteiger partial charge in [0.05, 0.1) is 16.5 Å². The summed E-state index contributed by atoms with van der Waals surface area (Å²) in [5, 5.41) is 2.76. The molecule has 0 unspecified atom stereocenters. The molecule has 1 aromatic carbocycles. The van der Waals surface area contributed by atoms with Gasteiger partial charge in [-0.2, -0.15) is 4.31 Å². The van der Waals surface area contributed by atoms with Crippen LogP contribution in [0.4, 0.5) is 5.69 Å². The number of fused-ring (bicyclic) bond motifs is 1. The minimum Gasteiger partial charge on any atom is -0.479 e. The molecule has 2 amide bonds. The zero-order chi connectivity index (χ0) is 25.4. The number of carbonyl (C=O) groups is 2. The summed E-state index contributed by atoms with van der Waals surface area (Å²) in [5.74, 6) is -0.135. The van der Waals surface area contributed by atoms with Crippen molar-refractivity contribution < 1.29 is 22.7 Å². The normalized spacial score (nSPS) is 26.7. The second kappa shape index (κ2) is 10.3. The number of sulfonamides is 1. The lowest BCUT2D eigenvalue weighted by atomic mass is 9.93. The van der Waals surface area contributed by atoms with Gasteiger partial charge < -0.3 is 15.0 Å². The highest BCUT2D eigenvalue weighted by Gasteiger charge is 2.38. The quantitative estimate of drug-likeness (QED) is 0.658. The van der Waals surface area contributed by atoms with Crippen LogP contribution in [0, 0.1) is 12.8 Å². The van der Waals surface area contributed by atoms with Gasteiger partial charge in [0.2, 0.25) is 15.9 Å². The lowest BCUT2D eigenvalue weighted by Crippen LogP contribution is -2.55. The lowest BCUT2D eigenvalue weighted by molar-refractivity contribution is -0.139. The van der Waals surface area contributed by atoms with Crippen LogP contribution in [0.3, 0.4) is 0 Å². The van der Waals surface area contributed by atoms with Crippen LogP contribution in [0.5, 0.6) is 5.75 Å². The first-order valence-corrected chi connectivity index (χ1v) is 14.8. The Bertz CT molecular complexity index is 1110. The maximum atomic E-state index is 13.7. The fraction of sp³-hybridized carbons (Fsp3) is 0.692. The number of ether oxygens (including phenoxy) is 1. The third kappa shape index (κ3) is 4.99. The van der Waals surface area contributed by atoms with Crippen molar-refractivity contribution in [1.29, 1.82) is 0 Å². The smallest absolute Gasteiger partial charge is 0.265 e. The van der Waals surface area contributed by atoms with Crippen LogP contribution in [-0.4, -0.2) is 85.8 Å². The molecule has 0 aromatic heterocycles. The molecule has 2 atom stereocenters. The molecule has 10 heteroatoms. The van der Waals surface area contributed by atoms with Gasteiger partial charge in [0, 0.05) is 51.4 Å². The number of aryl methyl sites for hydroxylation is 1. The van der Waals surface area contributed by atoms with Crippen molar-refractivity contribution in [2.45, 2.75) is 75.8 Å². The van der Waals surface area contributed by atoms with E-state index >= 15 is 0 Å². The van der Waals surface area contributed by atoms with Crippen LogP contribution in [0.2, 0.25) is 0 Å². The van der Waals surface area contributed by atoms with E-state index in [1.165, 1.54) is 42.5 Å². The summed E-state index contributed by atoms with van der Waals surface area (Å²) in [5.41, 5.74) is 1.02. The van der Waals surface area contributed by atoms with Crippen molar-refractivity contribution in [3.05, 3.63) is 17.7 Å². The average Bonchev–Trinajstić information content (AvgIpc) is 2.89. The first-order chi connectivity index (χ1) is 17.2. The molecule has 1 saturated carbocycles.